The number of aliphatic carboxylic acids is 1. The Bertz CT molecular complexity index is 1330. The minimum Gasteiger partial charge on any atom is -0.491 e. The van der Waals surface area contributed by atoms with E-state index in [1.165, 1.54) is 11.1 Å². The van der Waals surface area contributed by atoms with Crippen LogP contribution in [-0.4, -0.2) is 74.6 Å². The summed E-state index contributed by atoms with van der Waals surface area (Å²) in [6, 6.07) is 24.5. The Morgan fingerprint density at radius 3 is 2.08 bits per heavy atom. The molecule has 0 fully saturated rings. The number of fused-ring (bicyclic) bond motifs is 1. The van der Waals surface area contributed by atoms with E-state index < -0.39 is 31.3 Å². The van der Waals surface area contributed by atoms with Crippen LogP contribution < -0.4 is 10.5 Å². The van der Waals surface area contributed by atoms with Gasteiger partial charge in [-0.05, 0) is 72.4 Å². The first kappa shape index (κ1) is 30.8. The van der Waals surface area contributed by atoms with Crippen LogP contribution in [0.1, 0.15) is 23.1 Å². The van der Waals surface area contributed by atoms with E-state index in [2.05, 4.69) is 47.2 Å². The molecule has 40 heavy (non-hydrogen) atoms. The van der Waals surface area contributed by atoms with Gasteiger partial charge in [-0.25, -0.2) is 0 Å². The van der Waals surface area contributed by atoms with Crippen LogP contribution in [0.4, 0.5) is 0 Å². The number of rotatable bonds is 13. The van der Waals surface area contributed by atoms with Crippen molar-refractivity contribution in [1.29, 1.82) is 0 Å². The fourth-order valence-corrected chi connectivity index (χ4v) is 4.11. The molecule has 0 aliphatic carbocycles. The molecule has 0 bridgehead atoms. The number of aromatic nitrogens is 1. The van der Waals surface area contributed by atoms with E-state index in [0.29, 0.717) is 6.42 Å². The summed E-state index contributed by atoms with van der Waals surface area (Å²) in [5.74, 6) is -0.0602. The molecule has 0 aliphatic rings. The van der Waals surface area contributed by atoms with Crippen molar-refractivity contribution < 1.29 is 35.1 Å². The third-order valence-electron chi connectivity index (χ3n) is 6.52. The molecule has 3 aromatic carbocycles. The van der Waals surface area contributed by atoms with Gasteiger partial charge in [-0.1, -0.05) is 36.4 Å². The van der Waals surface area contributed by atoms with Crippen LogP contribution in [0.3, 0.4) is 0 Å². The Morgan fingerprint density at radius 2 is 1.50 bits per heavy atom. The van der Waals surface area contributed by atoms with Gasteiger partial charge < -0.3 is 40.6 Å². The maximum atomic E-state index is 11.0. The van der Waals surface area contributed by atoms with Crippen LogP contribution in [0, 0.1) is 0 Å². The fraction of sp³-hybridized carbons (Fsp3) is 0.323. The van der Waals surface area contributed by atoms with Crippen molar-refractivity contribution in [3.8, 4) is 11.4 Å². The lowest BCUT2D eigenvalue weighted by Gasteiger charge is -2.20. The van der Waals surface area contributed by atoms with Gasteiger partial charge in [0, 0.05) is 23.7 Å². The molecule has 1 aromatic heterocycles. The largest absolute Gasteiger partial charge is 0.491 e. The van der Waals surface area contributed by atoms with E-state index >= 15 is 0 Å². The van der Waals surface area contributed by atoms with Crippen LogP contribution in [0.2, 0.25) is 0 Å². The lowest BCUT2D eigenvalue weighted by molar-refractivity contribution is -0.136. The summed E-state index contributed by atoms with van der Waals surface area (Å²) in [5.41, 5.74) is 9.62. The second kappa shape index (κ2) is 15.2. The average molecular weight is 551 g/mol. The van der Waals surface area contributed by atoms with Crippen LogP contribution in [0.25, 0.3) is 16.6 Å². The molecule has 0 atom stereocenters. The van der Waals surface area contributed by atoms with Crippen molar-refractivity contribution in [2.75, 3.05) is 33.0 Å². The van der Waals surface area contributed by atoms with Gasteiger partial charge in [0.1, 0.15) is 12.4 Å². The number of aliphatic hydroxyl groups is 4. The SMILES string of the molecule is NC(CO)(CO)CO.O=C(O)CCc1ccc2c(c1)c(CCc1ccccc1)cn2-c1ccc(OCCO)cc1. The number of aliphatic hydroxyl groups excluding tert-OH is 4. The summed E-state index contributed by atoms with van der Waals surface area (Å²) < 4.78 is 7.65. The predicted octanol–water partition coefficient (Wildman–Crippen LogP) is 2.46. The maximum absolute atomic E-state index is 11.0. The van der Waals surface area contributed by atoms with Crippen LogP contribution in [0.5, 0.6) is 5.75 Å². The van der Waals surface area contributed by atoms with E-state index in [1.807, 2.05) is 36.4 Å². The Hall–Kier alpha value is -3.73. The Balaban J connectivity index is 0.000000482. The molecule has 4 aromatic rings. The first-order chi connectivity index (χ1) is 19.3. The minimum atomic E-state index is -1.21. The summed E-state index contributed by atoms with van der Waals surface area (Å²) in [4.78, 5) is 11.0. The lowest BCUT2D eigenvalue weighted by Crippen LogP contribution is -2.50. The number of aryl methyl sites for hydroxylation is 3. The topological polar surface area (TPSA) is 158 Å². The zero-order valence-electron chi connectivity index (χ0n) is 22.4. The van der Waals surface area contributed by atoms with Crippen molar-refractivity contribution in [3.63, 3.8) is 0 Å². The van der Waals surface area contributed by atoms with Crippen molar-refractivity contribution in [1.82, 2.24) is 4.57 Å². The number of nitrogens with zero attached hydrogens (tertiary/aromatic N) is 1. The number of ether oxygens (including phenoxy) is 1. The van der Waals surface area contributed by atoms with Gasteiger partial charge in [0.25, 0.3) is 0 Å². The summed E-state index contributed by atoms with van der Waals surface area (Å²) >= 11 is 0. The molecular formula is C31H38N2O7. The quantitative estimate of drug-likeness (QED) is 0.148. The van der Waals surface area contributed by atoms with Crippen molar-refractivity contribution >= 4 is 16.9 Å². The monoisotopic (exact) mass is 550 g/mol. The molecular weight excluding hydrogens is 512 g/mol. The van der Waals surface area contributed by atoms with E-state index in [-0.39, 0.29) is 19.6 Å². The minimum absolute atomic E-state index is 0.0149. The summed E-state index contributed by atoms with van der Waals surface area (Å²) in [6.45, 7) is -0.951. The van der Waals surface area contributed by atoms with Crippen LogP contribution in [-0.2, 0) is 24.1 Å². The van der Waals surface area contributed by atoms with Crippen molar-refractivity contribution in [2.24, 2.45) is 5.73 Å². The first-order valence-electron chi connectivity index (χ1n) is 13.2. The fourth-order valence-electron chi connectivity index (χ4n) is 4.11. The highest BCUT2D eigenvalue weighted by atomic mass is 16.5. The number of nitrogens with two attached hydrogens (primary N) is 1. The second-order valence-corrected chi connectivity index (χ2v) is 9.66. The molecule has 0 spiro atoms. The van der Waals surface area contributed by atoms with E-state index in [9.17, 15) is 4.79 Å². The van der Waals surface area contributed by atoms with Gasteiger partial charge in [0.05, 0.1) is 37.5 Å². The summed E-state index contributed by atoms with van der Waals surface area (Å²) in [5, 5.41) is 44.2. The van der Waals surface area contributed by atoms with Gasteiger partial charge in [0.15, 0.2) is 0 Å². The molecule has 0 saturated carbocycles. The number of carbonyl (C=O) groups is 1. The third kappa shape index (κ3) is 8.64. The highest BCUT2D eigenvalue weighted by Gasteiger charge is 2.20. The molecule has 0 saturated heterocycles. The highest BCUT2D eigenvalue weighted by Crippen LogP contribution is 2.28. The van der Waals surface area contributed by atoms with Gasteiger partial charge in [-0.15, -0.1) is 0 Å². The Labute approximate surface area is 233 Å². The van der Waals surface area contributed by atoms with Crippen molar-refractivity contribution in [3.05, 3.63) is 95.7 Å². The molecule has 7 N–H and O–H groups in total. The normalized spacial score (nSPS) is 11.2. The molecule has 214 valence electrons. The average Bonchev–Trinajstić information content (AvgIpc) is 3.36. The van der Waals surface area contributed by atoms with Gasteiger partial charge >= 0.3 is 5.97 Å². The third-order valence-corrected chi connectivity index (χ3v) is 6.52. The molecule has 9 nitrogen and oxygen atoms in total. The Kier molecular flexibility index (Phi) is 11.7. The molecule has 4 rings (SSSR count). The molecule has 0 aliphatic heterocycles. The number of benzene rings is 3. The van der Waals surface area contributed by atoms with Crippen LogP contribution >= 0.6 is 0 Å². The van der Waals surface area contributed by atoms with E-state index in [4.69, 9.17) is 36.0 Å². The molecule has 1 heterocycles. The lowest BCUT2D eigenvalue weighted by atomic mass is 10.0. The predicted molar refractivity (Wildman–Crippen MR) is 154 cm³/mol. The smallest absolute Gasteiger partial charge is 0.303 e. The van der Waals surface area contributed by atoms with E-state index in [1.54, 1.807) is 0 Å². The Morgan fingerprint density at radius 1 is 0.825 bits per heavy atom. The number of hydrogen-bond donors (Lipinski definition) is 6. The van der Waals surface area contributed by atoms with Gasteiger partial charge in [0.2, 0.25) is 0 Å². The van der Waals surface area contributed by atoms with Crippen LogP contribution in [0.15, 0.2) is 79.0 Å². The zero-order valence-corrected chi connectivity index (χ0v) is 22.4. The van der Waals surface area contributed by atoms with Gasteiger partial charge in [-0.3, -0.25) is 4.79 Å². The summed E-state index contributed by atoms with van der Waals surface area (Å²) in [7, 11) is 0. The maximum Gasteiger partial charge on any atom is 0.303 e. The second-order valence-electron chi connectivity index (χ2n) is 9.66. The number of carboxylic acid groups (broad SMARTS) is 1. The van der Waals surface area contributed by atoms with E-state index in [0.717, 1.165) is 40.7 Å². The molecule has 0 amide bonds. The zero-order chi connectivity index (χ0) is 29.0. The van der Waals surface area contributed by atoms with Gasteiger partial charge in [-0.2, -0.15) is 0 Å². The summed E-state index contributed by atoms with van der Waals surface area (Å²) in [6.07, 6.45) is 4.66. The van der Waals surface area contributed by atoms with Crippen molar-refractivity contribution in [2.45, 2.75) is 31.2 Å². The first-order valence-corrected chi connectivity index (χ1v) is 13.2. The molecule has 0 radical (unpaired) electrons. The highest BCUT2D eigenvalue weighted by molar-refractivity contribution is 5.86. The standard InChI is InChI=1S/C27H27NO4.C4H11NO3/c29-16-17-32-24-12-10-23(11-13-24)28-19-22(9-6-20-4-2-1-3-5-20)25-18-21(7-14-26(25)28)8-15-27(30)31;5-4(1-6,2-7)3-8/h1-5,7,10-14,18-19,29H,6,8-9,15-17H2,(H,30,31);6-8H,1-3,5H2. The number of hydrogen-bond acceptors (Lipinski definition) is 7. The number of carboxylic acids is 1. The molecule has 0 unspecified atom stereocenters. The molecule has 9 heteroatoms.